The monoisotopic (exact) mass is 380 g/mol. The molecule has 2 unspecified atom stereocenters. The van der Waals surface area contributed by atoms with Crippen LogP contribution in [0.2, 0.25) is 0 Å². The Morgan fingerprint density at radius 3 is 2.39 bits per heavy atom. The van der Waals surface area contributed by atoms with Crippen molar-refractivity contribution in [1.29, 1.82) is 0 Å². The molecule has 2 aromatic rings. The van der Waals surface area contributed by atoms with Crippen LogP contribution in [0.4, 0.5) is 0 Å². The van der Waals surface area contributed by atoms with E-state index in [2.05, 4.69) is 36.5 Å². The van der Waals surface area contributed by atoms with E-state index in [1.807, 2.05) is 31.2 Å². The number of hydrogen-bond acceptors (Lipinski definition) is 3. The van der Waals surface area contributed by atoms with E-state index in [0.717, 1.165) is 23.3 Å². The highest BCUT2D eigenvalue weighted by molar-refractivity contribution is 5.89. The van der Waals surface area contributed by atoms with E-state index in [-0.39, 0.29) is 30.2 Å². The fourth-order valence-corrected chi connectivity index (χ4v) is 3.51. The number of nitrogens with zero attached hydrogens (tertiary/aromatic N) is 1. The van der Waals surface area contributed by atoms with Crippen molar-refractivity contribution in [3.8, 4) is 5.75 Å². The highest BCUT2D eigenvalue weighted by Crippen LogP contribution is 2.23. The zero-order valence-electron chi connectivity index (χ0n) is 16.8. The second-order valence-electron chi connectivity index (χ2n) is 7.35. The summed E-state index contributed by atoms with van der Waals surface area (Å²) < 4.78 is 5.16. The van der Waals surface area contributed by atoms with Crippen molar-refractivity contribution in [2.24, 2.45) is 5.92 Å². The Bertz CT molecular complexity index is 815. The van der Waals surface area contributed by atoms with Gasteiger partial charge >= 0.3 is 0 Å². The summed E-state index contributed by atoms with van der Waals surface area (Å²) in [5.41, 5.74) is 3.38. The lowest BCUT2D eigenvalue weighted by molar-refractivity contribution is -0.129. The van der Waals surface area contributed by atoms with Gasteiger partial charge in [0.15, 0.2) is 0 Å². The van der Waals surface area contributed by atoms with Crippen LogP contribution in [0.15, 0.2) is 48.5 Å². The van der Waals surface area contributed by atoms with Gasteiger partial charge in [-0.15, -0.1) is 0 Å². The Hall–Kier alpha value is -2.82. The molecule has 2 amide bonds. The van der Waals surface area contributed by atoms with Crippen molar-refractivity contribution in [3.63, 3.8) is 0 Å². The van der Waals surface area contributed by atoms with E-state index in [0.29, 0.717) is 13.1 Å². The molecule has 3 rings (SSSR count). The zero-order valence-corrected chi connectivity index (χ0v) is 16.8. The lowest BCUT2D eigenvalue weighted by Gasteiger charge is -2.19. The minimum absolute atomic E-state index is 0.0240. The van der Waals surface area contributed by atoms with E-state index in [4.69, 9.17) is 4.74 Å². The van der Waals surface area contributed by atoms with Crippen molar-refractivity contribution < 1.29 is 14.3 Å². The molecule has 1 heterocycles. The van der Waals surface area contributed by atoms with Crippen LogP contribution >= 0.6 is 0 Å². The van der Waals surface area contributed by atoms with Crippen LogP contribution in [-0.4, -0.2) is 30.4 Å². The molecule has 2 aromatic carbocycles. The Kier molecular flexibility index (Phi) is 6.34. The van der Waals surface area contributed by atoms with Crippen molar-refractivity contribution in [1.82, 2.24) is 10.2 Å². The van der Waals surface area contributed by atoms with Gasteiger partial charge in [0.05, 0.1) is 19.1 Å². The van der Waals surface area contributed by atoms with Crippen LogP contribution in [-0.2, 0) is 22.6 Å². The first-order valence-corrected chi connectivity index (χ1v) is 9.80. The van der Waals surface area contributed by atoms with Crippen LogP contribution in [0.25, 0.3) is 0 Å². The molecule has 1 aliphatic heterocycles. The number of hydrogen-bond donors (Lipinski definition) is 1. The maximum absolute atomic E-state index is 12.7. The van der Waals surface area contributed by atoms with Gasteiger partial charge in [-0.3, -0.25) is 9.59 Å². The summed E-state index contributed by atoms with van der Waals surface area (Å²) in [6.07, 6.45) is 1.26. The summed E-state index contributed by atoms with van der Waals surface area (Å²) in [5.74, 6) is 0.450. The summed E-state index contributed by atoms with van der Waals surface area (Å²) in [6, 6.07) is 15.9. The van der Waals surface area contributed by atoms with Crippen LogP contribution in [0, 0.1) is 5.92 Å². The minimum Gasteiger partial charge on any atom is -0.497 e. The largest absolute Gasteiger partial charge is 0.497 e. The van der Waals surface area contributed by atoms with E-state index >= 15 is 0 Å². The minimum atomic E-state index is -0.303. The smallest absolute Gasteiger partial charge is 0.225 e. The number of carbonyl (C=O) groups excluding carboxylic acids is 2. The third-order valence-corrected chi connectivity index (χ3v) is 5.36. The second-order valence-corrected chi connectivity index (χ2v) is 7.35. The fraction of sp³-hybridized carbons (Fsp3) is 0.391. The normalized spacial score (nSPS) is 17.5. The molecule has 1 N–H and O–H groups in total. The summed E-state index contributed by atoms with van der Waals surface area (Å²) >= 11 is 0. The number of rotatable bonds is 7. The van der Waals surface area contributed by atoms with Crippen LogP contribution in [0.1, 0.15) is 43.0 Å². The number of methoxy groups -OCH3 is 1. The summed E-state index contributed by atoms with van der Waals surface area (Å²) in [6.45, 7) is 5.07. The second kappa shape index (κ2) is 8.91. The molecule has 0 saturated carbocycles. The van der Waals surface area contributed by atoms with Gasteiger partial charge in [-0.25, -0.2) is 0 Å². The maximum atomic E-state index is 12.7. The molecule has 148 valence electrons. The SMILES string of the molecule is CCc1ccc(C(C)NC(=O)C2CC(=O)N(Cc3ccc(OC)cc3)C2)cc1. The standard InChI is InChI=1S/C23H28N2O3/c1-4-17-5-9-19(10-6-17)16(2)24-23(27)20-13-22(26)25(15-20)14-18-7-11-21(28-3)12-8-18/h5-12,16,20H,4,13-15H2,1-3H3,(H,24,27). The first-order valence-electron chi connectivity index (χ1n) is 9.80. The van der Waals surface area contributed by atoms with Gasteiger partial charge in [0, 0.05) is 19.5 Å². The molecule has 1 fully saturated rings. The quantitative estimate of drug-likeness (QED) is 0.800. The predicted molar refractivity (Wildman–Crippen MR) is 109 cm³/mol. The van der Waals surface area contributed by atoms with Crippen molar-refractivity contribution >= 4 is 11.8 Å². The van der Waals surface area contributed by atoms with E-state index in [1.165, 1.54) is 5.56 Å². The predicted octanol–water partition coefficient (Wildman–Crippen LogP) is 3.48. The van der Waals surface area contributed by atoms with Crippen molar-refractivity contribution in [2.45, 2.75) is 39.3 Å². The summed E-state index contributed by atoms with van der Waals surface area (Å²) in [5, 5.41) is 3.06. The lowest BCUT2D eigenvalue weighted by Crippen LogP contribution is -2.34. The van der Waals surface area contributed by atoms with Gasteiger partial charge in [0.1, 0.15) is 5.75 Å². The Morgan fingerprint density at radius 2 is 1.79 bits per heavy atom. The molecule has 0 radical (unpaired) electrons. The first-order chi connectivity index (χ1) is 13.5. The molecule has 1 aliphatic rings. The molecule has 0 spiro atoms. The van der Waals surface area contributed by atoms with Gasteiger partial charge < -0.3 is 15.0 Å². The first kappa shape index (κ1) is 19.9. The molecular formula is C23H28N2O3. The number of nitrogens with one attached hydrogen (secondary N) is 1. The average molecular weight is 380 g/mol. The fourth-order valence-electron chi connectivity index (χ4n) is 3.51. The van der Waals surface area contributed by atoms with E-state index in [9.17, 15) is 9.59 Å². The Balaban J connectivity index is 1.56. The Morgan fingerprint density at radius 1 is 1.14 bits per heavy atom. The van der Waals surface area contributed by atoms with Gasteiger partial charge in [0.2, 0.25) is 11.8 Å². The average Bonchev–Trinajstić information content (AvgIpc) is 3.09. The van der Waals surface area contributed by atoms with Gasteiger partial charge in [0.25, 0.3) is 0 Å². The molecule has 1 saturated heterocycles. The van der Waals surface area contributed by atoms with E-state index in [1.54, 1.807) is 12.0 Å². The molecule has 5 heteroatoms. The van der Waals surface area contributed by atoms with Crippen LogP contribution in [0.5, 0.6) is 5.75 Å². The maximum Gasteiger partial charge on any atom is 0.225 e. The highest BCUT2D eigenvalue weighted by atomic mass is 16.5. The van der Waals surface area contributed by atoms with Gasteiger partial charge in [-0.1, -0.05) is 43.3 Å². The number of benzene rings is 2. The number of likely N-dealkylation sites (tertiary alicyclic amines) is 1. The lowest BCUT2D eigenvalue weighted by atomic mass is 10.0. The summed E-state index contributed by atoms with van der Waals surface area (Å²) in [4.78, 5) is 26.8. The molecule has 0 bridgehead atoms. The Labute approximate surface area is 166 Å². The molecule has 2 atom stereocenters. The third kappa shape index (κ3) is 4.71. The molecular weight excluding hydrogens is 352 g/mol. The third-order valence-electron chi connectivity index (χ3n) is 5.36. The number of amides is 2. The van der Waals surface area contributed by atoms with Crippen LogP contribution in [0.3, 0.4) is 0 Å². The van der Waals surface area contributed by atoms with Crippen LogP contribution < -0.4 is 10.1 Å². The number of ether oxygens (including phenoxy) is 1. The number of carbonyl (C=O) groups is 2. The summed E-state index contributed by atoms with van der Waals surface area (Å²) in [7, 11) is 1.63. The van der Waals surface area contributed by atoms with Crippen molar-refractivity contribution in [2.75, 3.05) is 13.7 Å². The number of aryl methyl sites for hydroxylation is 1. The molecule has 28 heavy (non-hydrogen) atoms. The zero-order chi connectivity index (χ0) is 20.1. The van der Waals surface area contributed by atoms with Gasteiger partial charge in [-0.2, -0.15) is 0 Å². The molecule has 5 nitrogen and oxygen atoms in total. The van der Waals surface area contributed by atoms with Crippen molar-refractivity contribution in [3.05, 3.63) is 65.2 Å². The van der Waals surface area contributed by atoms with E-state index < -0.39 is 0 Å². The highest BCUT2D eigenvalue weighted by Gasteiger charge is 2.34. The topological polar surface area (TPSA) is 58.6 Å². The van der Waals surface area contributed by atoms with Gasteiger partial charge in [-0.05, 0) is 42.2 Å². The molecule has 0 aliphatic carbocycles. The molecule has 0 aromatic heterocycles.